The highest BCUT2D eigenvalue weighted by molar-refractivity contribution is 6.07. The first-order chi connectivity index (χ1) is 10.2. The van der Waals surface area contributed by atoms with Gasteiger partial charge in [0.1, 0.15) is 0 Å². The number of carbonyl (C=O) groups excluding carboxylic acids is 1. The van der Waals surface area contributed by atoms with Gasteiger partial charge in [-0.3, -0.25) is 4.79 Å². The van der Waals surface area contributed by atoms with E-state index in [0.717, 1.165) is 30.3 Å². The van der Waals surface area contributed by atoms with Crippen LogP contribution in [0.25, 0.3) is 10.9 Å². The Morgan fingerprint density at radius 3 is 2.95 bits per heavy atom. The van der Waals surface area contributed by atoms with Crippen LogP contribution in [0.15, 0.2) is 18.2 Å². The number of rotatable bonds is 4. The van der Waals surface area contributed by atoms with Gasteiger partial charge in [0.2, 0.25) is 0 Å². The Morgan fingerprint density at radius 2 is 2.14 bits per heavy atom. The average Bonchev–Trinajstić information content (AvgIpc) is 2.81. The number of benzene rings is 1. The number of hydrogen-bond acceptors (Lipinski definition) is 2. The summed E-state index contributed by atoms with van der Waals surface area (Å²) >= 11 is 0. The zero-order valence-corrected chi connectivity index (χ0v) is 12.6. The summed E-state index contributed by atoms with van der Waals surface area (Å²) in [6.45, 7) is 1.23. The van der Waals surface area contributed by atoms with E-state index in [1.165, 1.54) is 29.5 Å². The summed E-state index contributed by atoms with van der Waals surface area (Å²) < 4.78 is 2.22. The summed E-state index contributed by atoms with van der Waals surface area (Å²) in [6, 6.07) is 6.07. The largest absolute Gasteiger partial charge is 0.352 e. The van der Waals surface area contributed by atoms with Crippen molar-refractivity contribution in [3.8, 4) is 0 Å². The Hall–Kier alpha value is -1.81. The Labute approximate surface area is 125 Å². The van der Waals surface area contributed by atoms with Gasteiger partial charge < -0.3 is 15.6 Å². The molecule has 0 bridgehead atoms. The molecular formula is C17H23N3O. The van der Waals surface area contributed by atoms with Crippen LogP contribution < -0.4 is 11.1 Å². The predicted molar refractivity (Wildman–Crippen MR) is 85.6 cm³/mol. The molecule has 1 aromatic heterocycles. The molecule has 0 aliphatic heterocycles. The van der Waals surface area contributed by atoms with E-state index in [9.17, 15) is 4.79 Å². The second-order valence-electron chi connectivity index (χ2n) is 5.79. The van der Waals surface area contributed by atoms with Gasteiger partial charge in [-0.25, -0.2) is 0 Å². The number of para-hydroxylation sites is 1. The van der Waals surface area contributed by atoms with Crippen molar-refractivity contribution < 1.29 is 4.79 Å². The molecule has 4 nitrogen and oxygen atoms in total. The summed E-state index contributed by atoms with van der Waals surface area (Å²) in [5.41, 5.74) is 10.2. The molecule has 4 heteroatoms. The van der Waals surface area contributed by atoms with Crippen molar-refractivity contribution in [3.05, 3.63) is 35.0 Å². The molecule has 0 spiro atoms. The number of aryl methyl sites for hydroxylation is 2. The van der Waals surface area contributed by atoms with Crippen LogP contribution in [0.4, 0.5) is 0 Å². The third-order valence-electron chi connectivity index (χ3n) is 4.45. The molecule has 0 radical (unpaired) electrons. The van der Waals surface area contributed by atoms with Gasteiger partial charge in [-0.15, -0.1) is 0 Å². The fourth-order valence-corrected chi connectivity index (χ4v) is 3.42. The highest BCUT2D eigenvalue weighted by Gasteiger charge is 2.21. The molecule has 112 valence electrons. The Bertz CT molecular complexity index is 672. The number of nitrogens with one attached hydrogen (secondary N) is 1. The minimum atomic E-state index is 0.00648. The lowest BCUT2D eigenvalue weighted by atomic mass is 9.95. The van der Waals surface area contributed by atoms with Crippen molar-refractivity contribution >= 4 is 16.8 Å². The maximum atomic E-state index is 12.4. The molecule has 3 rings (SSSR count). The summed E-state index contributed by atoms with van der Waals surface area (Å²) in [6.07, 6.45) is 5.55. The number of aromatic nitrogens is 1. The zero-order valence-electron chi connectivity index (χ0n) is 12.6. The lowest BCUT2D eigenvalue weighted by Crippen LogP contribution is -2.26. The monoisotopic (exact) mass is 285 g/mol. The fourth-order valence-electron chi connectivity index (χ4n) is 3.42. The van der Waals surface area contributed by atoms with Crippen molar-refractivity contribution in [2.24, 2.45) is 12.8 Å². The molecule has 21 heavy (non-hydrogen) atoms. The average molecular weight is 285 g/mol. The number of nitrogens with zero attached hydrogens (tertiary/aromatic N) is 1. The van der Waals surface area contributed by atoms with Crippen LogP contribution in [0.1, 0.15) is 40.9 Å². The van der Waals surface area contributed by atoms with Crippen LogP contribution in [-0.2, 0) is 19.9 Å². The third-order valence-corrected chi connectivity index (χ3v) is 4.45. The minimum Gasteiger partial charge on any atom is -0.352 e. The normalized spacial score (nSPS) is 14.2. The molecule has 0 saturated heterocycles. The van der Waals surface area contributed by atoms with Gasteiger partial charge in [0.25, 0.3) is 5.91 Å². The first-order valence-corrected chi connectivity index (χ1v) is 7.81. The first kappa shape index (κ1) is 14.1. The van der Waals surface area contributed by atoms with Crippen molar-refractivity contribution in [1.82, 2.24) is 9.88 Å². The van der Waals surface area contributed by atoms with Crippen LogP contribution in [0.5, 0.6) is 0 Å². The zero-order chi connectivity index (χ0) is 14.8. The molecule has 0 unspecified atom stereocenters. The number of nitrogens with two attached hydrogens (primary N) is 1. The summed E-state index contributed by atoms with van der Waals surface area (Å²) in [7, 11) is 2.09. The van der Waals surface area contributed by atoms with Crippen LogP contribution >= 0.6 is 0 Å². The van der Waals surface area contributed by atoms with Gasteiger partial charge in [0.05, 0.1) is 11.1 Å². The molecule has 0 fully saturated rings. The molecule has 1 aliphatic carbocycles. The lowest BCUT2D eigenvalue weighted by Gasteiger charge is -2.13. The minimum absolute atomic E-state index is 0.00648. The Kier molecular flexibility index (Phi) is 3.97. The van der Waals surface area contributed by atoms with E-state index in [4.69, 9.17) is 5.73 Å². The van der Waals surface area contributed by atoms with Crippen molar-refractivity contribution in [3.63, 3.8) is 0 Å². The molecule has 0 atom stereocenters. The SMILES string of the molecule is Cn1c2c(c3cccc(C(=O)NCCCN)c31)CCCC2. The van der Waals surface area contributed by atoms with E-state index >= 15 is 0 Å². The van der Waals surface area contributed by atoms with Crippen molar-refractivity contribution in [1.29, 1.82) is 0 Å². The molecule has 3 N–H and O–H groups in total. The molecule has 1 aliphatic rings. The van der Waals surface area contributed by atoms with E-state index in [0.29, 0.717) is 13.1 Å². The topological polar surface area (TPSA) is 60.0 Å². The van der Waals surface area contributed by atoms with Crippen LogP contribution in [-0.4, -0.2) is 23.6 Å². The van der Waals surface area contributed by atoms with Crippen molar-refractivity contribution in [2.75, 3.05) is 13.1 Å². The Morgan fingerprint density at radius 1 is 1.33 bits per heavy atom. The van der Waals surface area contributed by atoms with Crippen molar-refractivity contribution in [2.45, 2.75) is 32.1 Å². The molecule has 1 amide bonds. The van der Waals surface area contributed by atoms with Crippen LogP contribution in [0.3, 0.4) is 0 Å². The van der Waals surface area contributed by atoms with Crippen LogP contribution in [0, 0.1) is 0 Å². The maximum absolute atomic E-state index is 12.4. The molecule has 0 saturated carbocycles. The molecule has 2 aromatic rings. The highest BCUT2D eigenvalue weighted by atomic mass is 16.1. The molecule has 1 aromatic carbocycles. The summed E-state index contributed by atoms with van der Waals surface area (Å²) in [5, 5.41) is 4.22. The molecular weight excluding hydrogens is 262 g/mol. The fraction of sp³-hybridized carbons (Fsp3) is 0.471. The van der Waals surface area contributed by atoms with E-state index in [2.05, 4.69) is 23.0 Å². The van der Waals surface area contributed by atoms with Crippen LogP contribution in [0.2, 0.25) is 0 Å². The second-order valence-corrected chi connectivity index (χ2v) is 5.79. The quantitative estimate of drug-likeness (QED) is 0.846. The smallest absolute Gasteiger partial charge is 0.253 e. The van der Waals surface area contributed by atoms with Gasteiger partial charge in [0.15, 0.2) is 0 Å². The highest BCUT2D eigenvalue weighted by Crippen LogP contribution is 2.33. The number of fused-ring (bicyclic) bond motifs is 3. The van der Waals surface area contributed by atoms with Gasteiger partial charge >= 0.3 is 0 Å². The van der Waals surface area contributed by atoms with Gasteiger partial charge in [0, 0.05) is 24.7 Å². The number of hydrogen-bond donors (Lipinski definition) is 2. The van der Waals surface area contributed by atoms with E-state index in [1.54, 1.807) is 0 Å². The van der Waals surface area contributed by atoms with Gasteiger partial charge in [-0.05, 0) is 50.3 Å². The first-order valence-electron chi connectivity index (χ1n) is 7.81. The van der Waals surface area contributed by atoms with Gasteiger partial charge in [-0.2, -0.15) is 0 Å². The maximum Gasteiger partial charge on any atom is 0.253 e. The number of carbonyl (C=O) groups is 1. The Balaban J connectivity index is 2.03. The summed E-state index contributed by atoms with van der Waals surface area (Å²) in [5.74, 6) is 0.00648. The predicted octanol–water partition coefficient (Wildman–Crippen LogP) is 2.14. The third kappa shape index (κ3) is 2.44. The molecule has 1 heterocycles. The second kappa shape index (κ2) is 5.90. The van der Waals surface area contributed by atoms with Gasteiger partial charge in [-0.1, -0.05) is 12.1 Å². The number of amides is 1. The lowest BCUT2D eigenvalue weighted by molar-refractivity contribution is 0.0955. The van der Waals surface area contributed by atoms with E-state index < -0.39 is 0 Å². The summed E-state index contributed by atoms with van der Waals surface area (Å²) in [4.78, 5) is 12.4. The standard InChI is InChI=1S/C17H23N3O/c1-20-15-9-3-2-6-12(15)13-7-4-8-14(16(13)20)17(21)19-11-5-10-18/h4,7-8H,2-3,5-6,9-11,18H2,1H3,(H,19,21). The van der Waals surface area contributed by atoms with E-state index in [-0.39, 0.29) is 5.91 Å². The van der Waals surface area contributed by atoms with E-state index in [1.807, 2.05) is 12.1 Å².